The predicted molar refractivity (Wildman–Crippen MR) is 105 cm³/mol. The van der Waals surface area contributed by atoms with E-state index >= 15 is 0 Å². The summed E-state index contributed by atoms with van der Waals surface area (Å²) in [7, 11) is 0. The highest BCUT2D eigenvalue weighted by molar-refractivity contribution is 5.02. The van der Waals surface area contributed by atoms with E-state index in [9.17, 15) is 39.5 Å². The van der Waals surface area contributed by atoms with Gasteiger partial charge in [-0.05, 0) is 53.4 Å². The molecule has 3 nitrogen and oxygen atoms in total. The molecule has 0 spiro atoms. The number of hydrogen-bond acceptors (Lipinski definition) is 3. The molecule has 0 bridgehead atoms. The first-order valence-electron chi connectivity index (χ1n) is 11.0. The Hall–Kier alpha value is -0.750. The zero-order valence-electron chi connectivity index (χ0n) is 19.4. The zero-order chi connectivity index (χ0) is 25.8. The van der Waals surface area contributed by atoms with Crippen LogP contribution in [0.15, 0.2) is 0 Å². The van der Waals surface area contributed by atoms with Crippen LogP contribution in [0.1, 0.15) is 79.1 Å². The van der Waals surface area contributed by atoms with Crippen LogP contribution in [0.25, 0.3) is 0 Å². The van der Waals surface area contributed by atoms with Gasteiger partial charge in [-0.2, -0.15) is 39.5 Å². The van der Waals surface area contributed by atoms with Gasteiger partial charge in [0.1, 0.15) is 0 Å². The number of piperidine rings is 1. The number of rotatable bonds is 11. The van der Waals surface area contributed by atoms with Crippen LogP contribution in [0.3, 0.4) is 0 Å². The van der Waals surface area contributed by atoms with E-state index in [1.165, 1.54) is 0 Å². The summed E-state index contributed by atoms with van der Waals surface area (Å²) in [5, 5.41) is 3.55. The van der Waals surface area contributed by atoms with Crippen molar-refractivity contribution in [1.29, 1.82) is 0 Å². The summed E-state index contributed by atoms with van der Waals surface area (Å²) in [6.07, 6.45) is -15.8. The summed E-state index contributed by atoms with van der Waals surface area (Å²) in [5.74, 6) is 0. The van der Waals surface area contributed by atoms with Crippen molar-refractivity contribution in [1.82, 2.24) is 5.32 Å². The summed E-state index contributed by atoms with van der Waals surface area (Å²) < 4.78 is 124. The average Bonchev–Trinajstić information content (AvgIpc) is 2.53. The van der Waals surface area contributed by atoms with Crippen molar-refractivity contribution >= 4 is 0 Å². The molecule has 0 aromatic rings. The number of alkyl halides is 9. The van der Waals surface area contributed by atoms with Gasteiger partial charge in [0.05, 0.1) is 6.10 Å². The van der Waals surface area contributed by atoms with Gasteiger partial charge in [0.25, 0.3) is 0 Å². The topological polar surface area (TPSA) is 30.5 Å². The maximum absolute atomic E-state index is 12.8. The van der Waals surface area contributed by atoms with Crippen molar-refractivity contribution in [2.45, 2.75) is 120 Å². The minimum atomic E-state index is -6.68. The van der Waals surface area contributed by atoms with Crippen LogP contribution >= 0.6 is 0 Å². The molecule has 1 N–H and O–H groups in total. The molecule has 0 atom stereocenters. The van der Waals surface area contributed by atoms with Gasteiger partial charge in [-0.1, -0.05) is 25.7 Å². The molecule has 0 aromatic heterocycles. The van der Waals surface area contributed by atoms with E-state index in [0.717, 1.165) is 25.7 Å². The van der Waals surface area contributed by atoms with Gasteiger partial charge < -0.3 is 14.8 Å². The summed E-state index contributed by atoms with van der Waals surface area (Å²) in [6, 6.07) is 0. The number of halogens is 9. The Labute approximate surface area is 188 Å². The monoisotopic (exact) mass is 503 g/mol. The molecule has 1 saturated heterocycles. The molecule has 198 valence electrons. The molecular weight excluding hydrogens is 469 g/mol. The van der Waals surface area contributed by atoms with Crippen molar-refractivity contribution in [3.05, 3.63) is 0 Å². The summed E-state index contributed by atoms with van der Waals surface area (Å²) in [6.45, 7) is 7.66. The van der Waals surface area contributed by atoms with Crippen LogP contribution in [0.2, 0.25) is 0 Å². The number of nitrogens with one attached hydrogen (secondary N) is 1. The van der Waals surface area contributed by atoms with Gasteiger partial charge in [0.15, 0.2) is 0 Å². The number of ether oxygens (including phenoxy) is 2. The second-order valence-corrected chi connectivity index (χ2v) is 9.94. The minimum absolute atomic E-state index is 0.0452. The largest absolute Gasteiger partial charge is 0.435 e. The third kappa shape index (κ3) is 8.45. The lowest BCUT2D eigenvalue weighted by Gasteiger charge is -2.46. The Morgan fingerprint density at radius 2 is 1.00 bits per heavy atom. The van der Waals surface area contributed by atoms with Gasteiger partial charge in [-0.15, -0.1) is 0 Å². The highest BCUT2D eigenvalue weighted by Gasteiger charge is 2.85. The van der Waals surface area contributed by atoms with E-state index in [-0.39, 0.29) is 30.0 Å². The van der Waals surface area contributed by atoms with Crippen LogP contribution in [0.5, 0.6) is 0 Å². The Balaban J connectivity index is 2.31. The molecule has 0 aliphatic carbocycles. The van der Waals surface area contributed by atoms with Crippen molar-refractivity contribution in [2.24, 2.45) is 0 Å². The molecule has 1 aliphatic rings. The normalized spacial score (nSPS) is 20.3. The fraction of sp³-hybridized carbons (Fsp3) is 1.00. The summed E-state index contributed by atoms with van der Waals surface area (Å²) in [4.78, 5) is 0. The van der Waals surface area contributed by atoms with Crippen LogP contribution in [0.4, 0.5) is 39.5 Å². The van der Waals surface area contributed by atoms with E-state index in [0.29, 0.717) is 19.4 Å². The second kappa shape index (κ2) is 10.9. The third-order valence-corrected chi connectivity index (χ3v) is 5.56. The van der Waals surface area contributed by atoms with Crippen molar-refractivity contribution in [2.75, 3.05) is 13.2 Å². The Morgan fingerprint density at radius 3 is 1.39 bits per heavy atom. The van der Waals surface area contributed by atoms with Crippen molar-refractivity contribution in [3.8, 4) is 0 Å². The molecule has 1 aliphatic heterocycles. The zero-order valence-corrected chi connectivity index (χ0v) is 19.4. The molecule has 1 rings (SSSR count). The molecule has 33 heavy (non-hydrogen) atoms. The lowest BCUT2D eigenvalue weighted by molar-refractivity contribution is -0.457. The van der Waals surface area contributed by atoms with Crippen LogP contribution < -0.4 is 5.32 Å². The van der Waals surface area contributed by atoms with E-state index in [4.69, 9.17) is 4.74 Å². The van der Waals surface area contributed by atoms with Crippen molar-refractivity contribution in [3.63, 3.8) is 0 Å². The van der Waals surface area contributed by atoms with Gasteiger partial charge in [0.2, 0.25) is 0 Å². The number of hydrogen-bond donors (Lipinski definition) is 1. The molecule has 0 aromatic carbocycles. The molecule has 1 heterocycles. The smallest absolute Gasteiger partial charge is 0.378 e. The Morgan fingerprint density at radius 1 is 0.636 bits per heavy atom. The van der Waals surface area contributed by atoms with E-state index in [1.807, 2.05) is 0 Å². The Bertz CT molecular complexity index is 546. The third-order valence-electron chi connectivity index (χ3n) is 5.56. The first-order valence-corrected chi connectivity index (χ1v) is 11.0. The second-order valence-electron chi connectivity index (χ2n) is 9.94. The lowest BCUT2D eigenvalue weighted by Crippen LogP contribution is -2.67. The first kappa shape index (κ1) is 30.3. The lowest BCUT2D eigenvalue weighted by atomic mass is 9.81. The predicted octanol–water partition coefficient (Wildman–Crippen LogP) is 7.10. The SMILES string of the molecule is CC1(C)CC(OCCCCCCCCOC(C(F)(F)F)(C(F)(F)F)C(F)(F)F)CC(C)(C)N1. The van der Waals surface area contributed by atoms with E-state index < -0.39 is 30.7 Å². The molecule has 0 amide bonds. The van der Waals surface area contributed by atoms with Gasteiger partial charge in [-0.25, -0.2) is 0 Å². The summed E-state index contributed by atoms with van der Waals surface area (Å²) in [5.41, 5.74) is -6.27. The highest BCUT2D eigenvalue weighted by Crippen LogP contribution is 2.54. The highest BCUT2D eigenvalue weighted by atomic mass is 19.4. The van der Waals surface area contributed by atoms with Gasteiger partial charge in [-0.3, -0.25) is 0 Å². The van der Waals surface area contributed by atoms with Gasteiger partial charge >= 0.3 is 24.1 Å². The maximum atomic E-state index is 12.8. The Kier molecular flexibility index (Phi) is 9.99. The molecule has 0 saturated carbocycles. The summed E-state index contributed by atoms with van der Waals surface area (Å²) >= 11 is 0. The van der Waals surface area contributed by atoms with Crippen molar-refractivity contribution < 1.29 is 49.0 Å². The number of unbranched alkanes of at least 4 members (excludes halogenated alkanes) is 5. The molecular formula is C21H34F9NO2. The molecule has 0 radical (unpaired) electrons. The van der Waals surface area contributed by atoms with E-state index in [1.54, 1.807) is 0 Å². The first-order chi connectivity index (χ1) is 14.7. The van der Waals surface area contributed by atoms with Gasteiger partial charge in [0, 0.05) is 24.3 Å². The average molecular weight is 503 g/mol. The standard InChI is InChI=1S/C21H34F9NO2/c1-16(2)13-15(14-17(3,4)31-16)32-11-9-7-5-6-8-10-12-33-18(19(22,23)24,20(25,26)27)21(28,29)30/h15,31H,5-14H2,1-4H3. The fourth-order valence-electron chi connectivity index (χ4n) is 4.46. The van der Waals surface area contributed by atoms with E-state index in [2.05, 4.69) is 37.7 Å². The minimum Gasteiger partial charge on any atom is -0.378 e. The quantitative estimate of drug-likeness (QED) is 0.241. The molecule has 12 heteroatoms. The fourth-order valence-corrected chi connectivity index (χ4v) is 4.46. The van der Waals surface area contributed by atoms with Crippen LogP contribution in [-0.4, -0.2) is 54.5 Å². The molecule has 1 fully saturated rings. The van der Waals surface area contributed by atoms with Crippen LogP contribution in [0, 0.1) is 0 Å². The van der Waals surface area contributed by atoms with Crippen LogP contribution in [-0.2, 0) is 9.47 Å². The maximum Gasteiger partial charge on any atom is 0.435 e. The molecule has 0 unspecified atom stereocenters.